The molecule has 0 spiro atoms. The van der Waals surface area contributed by atoms with Gasteiger partial charge in [-0.25, -0.2) is 4.79 Å². The minimum Gasteiger partial charge on any atom is -0.412 e. The van der Waals surface area contributed by atoms with E-state index in [0.29, 0.717) is 0 Å². The molecule has 0 aliphatic heterocycles. The van der Waals surface area contributed by atoms with Crippen LogP contribution >= 0.6 is 0 Å². The van der Waals surface area contributed by atoms with Crippen LogP contribution in [-0.4, -0.2) is 4.98 Å². The van der Waals surface area contributed by atoms with Gasteiger partial charge in [0, 0.05) is 12.0 Å². The van der Waals surface area contributed by atoms with Crippen LogP contribution in [0.15, 0.2) is 39.5 Å². The largest absolute Gasteiger partial charge is 0.416 e. The number of oxazole rings is 1. The molecule has 0 radical (unpaired) electrons. The topological polar surface area (TPSA) is 46.0 Å². The number of nitrogens with one attached hydrogen (secondary N) is 1. The van der Waals surface area contributed by atoms with E-state index in [-0.39, 0.29) is 5.76 Å². The second kappa shape index (κ2) is 4.17. The molecule has 2 rings (SSSR count). The van der Waals surface area contributed by atoms with E-state index in [4.69, 9.17) is 4.42 Å². The van der Waals surface area contributed by atoms with Gasteiger partial charge in [-0.15, -0.1) is 0 Å². The molecule has 0 unspecified atom stereocenters. The summed E-state index contributed by atoms with van der Waals surface area (Å²) in [7, 11) is 0. The van der Waals surface area contributed by atoms with Gasteiger partial charge in [0.2, 0.25) is 0 Å². The van der Waals surface area contributed by atoms with Crippen LogP contribution < -0.4 is 5.76 Å². The highest BCUT2D eigenvalue weighted by Gasteiger charge is 2.10. The lowest BCUT2D eigenvalue weighted by atomic mass is 10.1. The van der Waals surface area contributed by atoms with Gasteiger partial charge in [-0.3, -0.25) is 4.98 Å². The molecule has 78 valence electrons. The van der Waals surface area contributed by atoms with E-state index in [2.05, 4.69) is 11.9 Å². The fraction of sp³-hybridized carbons (Fsp3) is 0.250. The van der Waals surface area contributed by atoms with Gasteiger partial charge in [0.1, 0.15) is 5.76 Å². The van der Waals surface area contributed by atoms with Gasteiger partial charge in [-0.05, 0) is 6.42 Å². The van der Waals surface area contributed by atoms with Crippen molar-refractivity contribution < 1.29 is 4.42 Å². The van der Waals surface area contributed by atoms with E-state index in [1.807, 2.05) is 30.3 Å². The van der Waals surface area contributed by atoms with Crippen LogP contribution in [0.1, 0.15) is 19.1 Å². The van der Waals surface area contributed by atoms with Crippen molar-refractivity contribution in [3.8, 4) is 11.3 Å². The highest BCUT2D eigenvalue weighted by Crippen LogP contribution is 2.20. The van der Waals surface area contributed by atoms with Gasteiger partial charge < -0.3 is 4.42 Å². The third-order valence-corrected chi connectivity index (χ3v) is 2.26. The normalized spacial score (nSPS) is 10.5. The first-order valence-corrected chi connectivity index (χ1v) is 5.08. The lowest BCUT2D eigenvalue weighted by Crippen LogP contribution is -1.94. The van der Waals surface area contributed by atoms with Crippen LogP contribution in [0.4, 0.5) is 0 Å². The zero-order chi connectivity index (χ0) is 10.7. The average molecular weight is 203 g/mol. The summed E-state index contributed by atoms with van der Waals surface area (Å²) in [6.07, 6.45) is 1.74. The second-order valence-corrected chi connectivity index (χ2v) is 3.43. The molecule has 0 atom stereocenters. The number of benzene rings is 1. The van der Waals surface area contributed by atoms with Crippen LogP contribution in [-0.2, 0) is 6.42 Å². The predicted molar refractivity (Wildman–Crippen MR) is 58.8 cm³/mol. The number of aryl methyl sites for hydroxylation is 1. The van der Waals surface area contributed by atoms with Crippen molar-refractivity contribution in [3.63, 3.8) is 0 Å². The first kappa shape index (κ1) is 9.77. The van der Waals surface area contributed by atoms with E-state index in [1.54, 1.807) is 0 Å². The van der Waals surface area contributed by atoms with Gasteiger partial charge in [0.25, 0.3) is 0 Å². The van der Waals surface area contributed by atoms with Crippen molar-refractivity contribution in [2.24, 2.45) is 0 Å². The molecule has 1 N–H and O–H groups in total. The first-order chi connectivity index (χ1) is 7.31. The second-order valence-electron chi connectivity index (χ2n) is 3.43. The Bertz CT molecular complexity index is 482. The van der Waals surface area contributed by atoms with Crippen LogP contribution in [0.5, 0.6) is 0 Å². The summed E-state index contributed by atoms with van der Waals surface area (Å²) in [5.74, 6) is 0.367. The Morgan fingerprint density at radius 3 is 2.67 bits per heavy atom. The molecule has 0 saturated carbocycles. The molecular weight excluding hydrogens is 190 g/mol. The quantitative estimate of drug-likeness (QED) is 0.833. The van der Waals surface area contributed by atoms with Crippen LogP contribution in [0.25, 0.3) is 11.3 Å². The van der Waals surface area contributed by atoms with Crippen molar-refractivity contribution in [2.75, 3.05) is 0 Å². The standard InChI is InChI=1S/C12H13NO2/c1-2-6-10-11(13-12(14)15-10)9-7-4-3-5-8-9/h3-5,7-8H,2,6H2,1H3,(H,13,14). The zero-order valence-electron chi connectivity index (χ0n) is 8.62. The van der Waals surface area contributed by atoms with Crippen molar-refractivity contribution in [2.45, 2.75) is 19.8 Å². The van der Waals surface area contributed by atoms with Gasteiger partial charge in [-0.2, -0.15) is 0 Å². The SMILES string of the molecule is CCCc1oc(=O)[nH]c1-c1ccccc1. The molecule has 0 amide bonds. The van der Waals surface area contributed by atoms with E-state index in [9.17, 15) is 4.79 Å². The molecule has 3 nitrogen and oxygen atoms in total. The smallest absolute Gasteiger partial charge is 0.412 e. The lowest BCUT2D eigenvalue weighted by Gasteiger charge is -1.99. The Hall–Kier alpha value is -1.77. The monoisotopic (exact) mass is 203 g/mol. The Kier molecular flexibility index (Phi) is 2.72. The number of aromatic nitrogens is 1. The number of H-pyrrole nitrogens is 1. The summed E-state index contributed by atoms with van der Waals surface area (Å²) < 4.78 is 5.10. The Morgan fingerprint density at radius 2 is 2.00 bits per heavy atom. The summed E-state index contributed by atoms with van der Waals surface area (Å²) in [5.41, 5.74) is 1.80. The molecule has 0 aliphatic rings. The Labute approximate surface area is 87.8 Å². The maximum Gasteiger partial charge on any atom is 0.416 e. The fourth-order valence-electron chi connectivity index (χ4n) is 1.60. The van der Waals surface area contributed by atoms with Crippen LogP contribution in [0.2, 0.25) is 0 Å². The van der Waals surface area contributed by atoms with Crippen molar-refractivity contribution in [1.82, 2.24) is 4.98 Å². The highest BCUT2D eigenvalue weighted by atomic mass is 16.4. The van der Waals surface area contributed by atoms with Crippen molar-refractivity contribution in [1.29, 1.82) is 0 Å². The molecule has 0 saturated heterocycles. The van der Waals surface area contributed by atoms with Gasteiger partial charge >= 0.3 is 5.76 Å². The summed E-state index contributed by atoms with van der Waals surface area (Å²) in [4.78, 5) is 13.9. The zero-order valence-corrected chi connectivity index (χ0v) is 8.62. The number of hydrogen-bond acceptors (Lipinski definition) is 2. The molecule has 0 aliphatic carbocycles. The molecule has 3 heteroatoms. The molecule has 2 aromatic rings. The summed E-state index contributed by atoms with van der Waals surface area (Å²) in [6, 6.07) is 9.74. The molecule has 15 heavy (non-hydrogen) atoms. The average Bonchev–Trinajstić information content (AvgIpc) is 2.62. The molecule has 1 aromatic carbocycles. The van der Waals surface area contributed by atoms with Crippen LogP contribution in [0, 0.1) is 0 Å². The summed E-state index contributed by atoms with van der Waals surface area (Å²) >= 11 is 0. The Morgan fingerprint density at radius 1 is 1.27 bits per heavy atom. The van der Waals surface area contributed by atoms with E-state index < -0.39 is 0 Å². The van der Waals surface area contributed by atoms with Crippen molar-refractivity contribution in [3.05, 3.63) is 46.6 Å². The van der Waals surface area contributed by atoms with E-state index in [0.717, 1.165) is 29.9 Å². The fourth-order valence-corrected chi connectivity index (χ4v) is 1.60. The minimum absolute atomic E-state index is 0.377. The van der Waals surface area contributed by atoms with Gasteiger partial charge in [0.05, 0.1) is 5.69 Å². The van der Waals surface area contributed by atoms with Gasteiger partial charge in [0.15, 0.2) is 0 Å². The Balaban J connectivity index is 2.48. The van der Waals surface area contributed by atoms with Gasteiger partial charge in [-0.1, -0.05) is 37.3 Å². The molecule has 0 fully saturated rings. The van der Waals surface area contributed by atoms with Crippen molar-refractivity contribution >= 4 is 0 Å². The number of rotatable bonds is 3. The van der Waals surface area contributed by atoms with E-state index in [1.165, 1.54) is 0 Å². The van der Waals surface area contributed by atoms with E-state index >= 15 is 0 Å². The number of hydrogen-bond donors (Lipinski definition) is 1. The highest BCUT2D eigenvalue weighted by molar-refractivity contribution is 5.60. The predicted octanol–water partition coefficient (Wildman–Crippen LogP) is 2.59. The lowest BCUT2D eigenvalue weighted by molar-refractivity contribution is 0.467. The maximum absolute atomic E-state index is 11.1. The maximum atomic E-state index is 11.1. The molecule has 1 heterocycles. The number of aromatic amines is 1. The molecule has 0 bridgehead atoms. The first-order valence-electron chi connectivity index (χ1n) is 5.08. The minimum atomic E-state index is -0.377. The third kappa shape index (κ3) is 2.01. The molecular formula is C12H13NO2. The molecule has 1 aromatic heterocycles. The summed E-state index contributed by atoms with van der Waals surface area (Å²) in [6.45, 7) is 2.06. The van der Waals surface area contributed by atoms with Crippen LogP contribution in [0.3, 0.4) is 0 Å². The summed E-state index contributed by atoms with van der Waals surface area (Å²) in [5, 5.41) is 0. The third-order valence-electron chi connectivity index (χ3n) is 2.26.